The summed E-state index contributed by atoms with van der Waals surface area (Å²) in [6.07, 6.45) is 0.0188. The smallest absolute Gasteiger partial charge is 0.257 e. The van der Waals surface area contributed by atoms with Crippen LogP contribution in [-0.4, -0.2) is 59.9 Å². The van der Waals surface area contributed by atoms with Crippen LogP contribution in [0.4, 0.5) is 18.9 Å². The van der Waals surface area contributed by atoms with E-state index in [9.17, 15) is 27.6 Å². The number of anilines is 1. The maximum absolute atomic E-state index is 14.0. The Morgan fingerprint density at radius 1 is 1.19 bits per heavy atom. The second-order valence-electron chi connectivity index (χ2n) is 6.42. The molecular weight excluding hydrogens is 351 g/mol. The lowest BCUT2D eigenvalue weighted by Gasteiger charge is -2.18. The molecule has 0 radical (unpaired) electrons. The van der Waals surface area contributed by atoms with Crippen LogP contribution < -0.4 is 5.32 Å². The van der Waals surface area contributed by atoms with Crippen molar-refractivity contribution in [2.45, 2.75) is 25.4 Å². The molecule has 2 aliphatic rings. The van der Waals surface area contributed by atoms with Gasteiger partial charge in [0.2, 0.25) is 11.8 Å². The third-order valence-corrected chi connectivity index (χ3v) is 4.49. The average molecular weight is 369 g/mol. The zero-order valence-electron chi connectivity index (χ0n) is 13.9. The zero-order chi connectivity index (χ0) is 18.8. The number of likely N-dealkylation sites (tertiary alicyclic amines) is 2. The molecule has 0 unspecified atom stereocenters. The highest BCUT2D eigenvalue weighted by Crippen LogP contribution is 2.23. The van der Waals surface area contributed by atoms with Crippen LogP contribution in [0.3, 0.4) is 0 Å². The monoisotopic (exact) mass is 369 g/mol. The molecule has 3 amide bonds. The van der Waals surface area contributed by atoms with E-state index in [-0.39, 0.29) is 37.6 Å². The number of hydrogen-bond donors (Lipinski definition) is 1. The van der Waals surface area contributed by atoms with E-state index in [0.29, 0.717) is 25.5 Å². The van der Waals surface area contributed by atoms with E-state index >= 15 is 0 Å². The molecule has 0 spiro atoms. The van der Waals surface area contributed by atoms with Crippen molar-refractivity contribution in [2.24, 2.45) is 0 Å². The fourth-order valence-electron chi connectivity index (χ4n) is 3.12. The van der Waals surface area contributed by atoms with Gasteiger partial charge in [0.15, 0.2) is 0 Å². The third kappa shape index (κ3) is 3.81. The molecule has 6 nitrogen and oxygen atoms in total. The molecule has 2 fully saturated rings. The van der Waals surface area contributed by atoms with Crippen molar-refractivity contribution in [1.82, 2.24) is 9.80 Å². The van der Waals surface area contributed by atoms with E-state index in [4.69, 9.17) is 0 Å². The molecule has 26 heavy (non-hydrogen) atoms. The fraction of sp³-hybridized carbons (Fsp3) is 0.471. The van der Waals surface area contributed by atoms with Gasteiger partial charge >= 0.3 is 0 Å². The molecule has 140 valence electrons. The summed E-state index contributed by atoms with van der Waals surface area (Å²) in [7, 11) is 0. The second kappa shape index (κ2) is 7.35. The number of carbonyl (C=O) groups is 3. The largest absolute Gasteiger partial charge is 0.336 e. The number of nitrogens with one attached hydrogen (secondary N) is 1. The van der Waals surface area contributed by atoms with Gasteiger partial charge < -0.3 is 15.1 Å². The first-order valence-electron chi connectivity index (χ1n) is 8.35. The van der Waals surface area contributed by atoms with Gasteiger partial charge in [-0.3, -0.25) is 14.4 Å². The molecule has 2 aliphatic heterocycles. The Labute approximate surface area is 147 Å². The number of rotatable bonds is 4. The van der Waals surface area contributed by atoms with Gasteiger partial charge in [-0.25, -0.2) is 13.2 Å². The van der Waals surface area contributed by atoms with Crippen molar-refractivity contribution < 1.29 is 27.6 Å². The summed E-state index contributed by atoms with van der Waals surface area (Å²) >= 11 is 0. The van der Waals surface area contributed by atoms with Crippen LogP contribution in [0.25, 0.3) is 0 Å². The Morgan fingerprint density at radius 3 is 2.58 bits per heavy atom. The lowest BCUT2D eigenvalue weighted by molar-refractivity contribution is -0.131. The SMILES string of the molecule is O=C(CN1CCCC1=O)Nc1cc(C(=O)N2CC[C@@H](F)C2)c(F)cc1F. The van der Waals surface area contributed by atoms with Gasteiger partial charge in [-0.05, 0) is 18.9 Å². The minimum atomic E-state index is -1.17. The maximum Gasteiger partial charge on any atom is 0.257 e. The van der Waals surface area contributed by atoms with Gasteiger partial charge in [0, 0.05) is 25.6 Å². The molecule has 0 aromatic heterocycles. The summed E-state index contributed by atoms with van der Waals surface area (Å²) in [6.45, 7) is 0.208. The fourth-order valence-corrected chi connectivity index (χ4v) is 3.12. The van der Waals surface area contributed by atoms with Crippen LogP contribution in [-0.2, 0) is 9.59 Å². The Morgan fingerprint density at radius 2 is 1.96 bits per heavy atom. The normalized spacial score (nSPS) is 20.0. The third-order valence-electron chi connectivity index (χ3n) is 4.49. The van der Waals surface area contributed by atoms with Crippen molar-refractivity contribution >= 4 is 23.4 Å². The topological polar surface area (TPSA) is 69.7 Å². The molecule has 1 aromatic carbocycles. The highest BCUT2D eigenvalue weighted by molar-refractivity contribution is 5.98. The van der Waals surface area contributed by atoms with E-state index in [1.165, 1.54) is 4.90 Å². The molecule has 2 heterocycles. The van der Waals surface area contributed by atoms with Gasteiger partial charge in [0.05, 0.1) is 24.3 Å². The highest BCUT2D eigenvalue weighted by atomic mass is 19.1. The van der Waals surface area contributed by atoms with E-state index in [1.54, 1.807) is 0 Å². The van der Waals surface area contributed by atoms with Crippen molar-refractivity contribution in [3.05, 3.63) is 29.3 Å². The van der Waals surface area contributed by atoms with E-state index in [1.807, 2.05) is 0 Å². The van der Waals surface area contributed by atoms with Crippen molar-refractivity contribution in [3.8, 4) is 0 Å². The minimum absolute atomic E-state index is 0.144. The number of amides is 3. The van der Waals surface area contributed by atoms with Crippen LogP contribution in [0.1, 0.15) is 29.6 Å². The summed E-state index contributed by atoms with van der Waals surface area (Å²) < 4.78 is 41.2. The predicted molar refractivity (Wildman–Crippen MR) is 86.2 cm³/mol. The zero-order valence-corrected chi connectivity index (χ0v) is 13.9. The van der Waals surface area contributed by atoms with Crippen LogP contribution in [0, 0.1) is 11.6 Å². The number of alkyl halides is 1. The molecule has 0 bridgehead atoms. The lowest BCUT2D eigenvalue weighted by Crippen LogP contribution is -2.34. The number of benzene rings is 1. The molecule has 3 rings (SSSR count). The number of hydrogen-bond acceptors (Lipinski definition) is 3. The molecule has 0 saturated carbocycles. The first-order chi connectivity index (χ1) is 12.3. The van der Waals surface area contributed by atoms with Gasteiger partial charge in [-0.1, -0.05) is 0 Å². The summed E-state index contributed by atoms with van der Waals surface area (Å²) in [5.74, 6) is -3.68. The molecular formula is C17H18F3N3O3. The van der Waals surface area contributed by atoms with Gasteiger partial charge in [-0.2, -0.15) is 0 Å². The first kappa shape index (κ1) is 18.2. The Bertz CT molecular complexity index is 756. The first-order valence-corrected chi connectivity index (χ1v) is 8.35. The molecule has 9 heteroatoms. The summed E-state index contributed by atoms with van der Waals surface area (Å²) in [6, 6.07) is 1.41. The van der Waals surface area contributed by atoms with Crippen LogP contribution in [0.15, 0.2) is 12.1 Å². The van der Waals surface area contributed by atoms with Crippen LogP contribution in [0.2, 0.25) is 0 Å². The van der Waals surface area contributed by atoms with Gasteiger partial charge in [0.25, 0.3) is 5.91 Å². The number of halogens is 3. The standard InChI is InChI=1S/C17H18F3N3O3/c18-10-3-5-23(8-10)17(26)11-6-14(13(20)7-12(11)19)21-15(24)9-22-4-1-2-16(22)25/h6-7,10H,1-5,8-9H2,(H,21,24)/t10-/m1/s1. The van der Waals surface area contributed by atoms with Crippen molar-refractivity contribution in [3.63, 3.8) is 0 Å². The van der Waals surface area contributed by atoms with Crippen molar-refractivity contribution in [2.75, 3.05) is 31.5 Å². The minimum Gasteiger partial charge on any atom is -0.336 e. The average Bonchev–Trinajstić information content (AvgIpc) is 3.18. The lowest BCUT2D eigenvalue weighted by atomic mass is 10.1. The van der Waals surface area contributed by atoms with Gasteiger partial charge in [0.1, 0.15) is 17.8 Å². The van der Waals surface area contributed by atoms with Crippen LogP contribution in [0.5, 0.6) is 0 Å². The summed E-state index contributed by atoms with van der Waals surface area (Å²) in [5.41, 5.74) is -0.796. The second-order valence-corrected chi connectivity index (χ2v) is 6.42. The molecule has 1 aromatic rings. The highest BCUT2D eigenvalue weighted by Gasteiger charge is 2.29. The number of nitrogens with zero attached hydrogens (tertiary/aromatic N) is 2. The molecule has 2 saturated heterocycles. The predicted octanol–water partition coefficient (Wildman–Crippen LogP) is 1.71. The number of carbonyl (C=O) groups excluding carboxylic acids is 3. The Hall–Kier alpha value is -2.58. The van der Waals surface area contributed by atoms with E-state index in [2.05, 4.69) is 5.32 Å². The van der Waals surface area contributed by atoms with E-state index in [0.717, 1.165) is 11.0 Å². The Balaban J connectivity index is 1.74. The summed E-state index contributed by atoms with van der Waals surface area (Å²) in [5, 5.41) is 2.26. The maximum atomic E-state index is 14.0. The van der Waals surface area contributed by atoms with E-state index < -0.39 is 35.2 Å². The van der Waals surface area contributed by atoms with Crippen LogP contribution >= 0.6 is 0 Å². The van der Waals surface area contributed by atoms with Crippen molar-refractivity contribution in [1.29, 1.82) is 0 Å². The molecule has 1 atom stereocenters. The van der Waals surface area contributed by atoms with Gasteiger partial charge in [-0.15, -0.1) is 0 Å². The summed E-state index contributed by atoms with van der Waals surface area (Å²) in [4.78, 5) is 38.4. The quantitative estimate of drug-likeness (QED) is 0.879. The molecule has 1 N–H and O–H groups in total. The Kier molecular flexibility index (Phi) is 5.15. The molecule has 0 aliphatic carbocycles.